The average Bonchev–Trinajstić information content (AvgIpc) is 2.72. The Bertz CT molecular complexity index is 892. The van der Waals surface area contributed by atoms with Crippen molar-refractivity contribution in [2.75, 3.05) is 0 Å². The van der Waals surface area contributed by atoms with Crippen molar-refractivity contribution < 1.29 is 9.53 Å². The fraction of sp³-hybridized carbons (Fsp3) is 0.174. The molecule has 0 heterocycles. The molecular weight excluding hydrogens is 468 g/mol. The fourth-order valence-electron chi connectivity index (χ4n) is 2.73. The predicted molar refractivity (Wildman–Crippen MR) is 117 cm³/mol. The van der Waals surface area contributed by atoms with Crippen molar-refractivity contribution in [3.05, 3.63) is 101 Å². The first-order valence-electron chi connectivity index (χ1n) is 8.71. The minimum Gasteiger partial charge on any atom is -0.488 e. The first kappa shape index (κ1) is 19.8. The molecule has 0 spiro atoms. The van der Waals surface area contributed by atoms with Gasteiger partial charge in [-0.25, -0.2) is 0 Å². The normalized spacial score (nSPS) is 13.0. The van der Waals surface area contributed by atoms with E-state index in [4.69, 9.17) is 4.74 Å². The van der Waals surface area contributed by atoms with Crippen LogP contribution in [0.25, 0.3) is 0 Å². The summed E-state index contributed by atoms with van der Waals surface area (Å²) in [5.74, 6) is 0.584. The van der Waals surface area contributed by atoms with Crippen LogP contribution in [0.3, 0.4) is 0 Å². The quantitative estimate of drug-likeness (QED) is 0.275. The summed E-state index contributed by atoms with van der Waals surface area (Å²) in [6, 6.07) is 25.5. The number of hydrogen-bond donors (Lipinski definition) is 0. The van der Waals surface area contributed by atoms with Crippen molar-refractivity contribution in [2.45, 2.75) is 23.2 Å². The zero-order valence-electron chi connectivity index (χ0n) is 14.9. The van der Waals surface area contributed by atoms with E-state index in [1.165, 1.54) is 5.56 Å². The molecule has 0 saturated carbocycles. The van der Waals surface area contributed by atoms with Crippen LogP contribution in [-0.2, 0) is 6.61 Å². The minimum atomic E-state index is -0.401. The van der Waals surface area contributed by atoms with Crippen LogP contribution in [0.15, 0.2) is 78.9 Å². The molecule has 27 heavy (non-hydrogen) atoms. The molecule has 2 nitrogen and oxygen atoms in total. The molecule has 3 aromatic rings. The van der Waals surface area contributed by atoms with Gasteiger partial charge in [0.25, 0.3) is 0 Å². The third kappa shape index (κ3) is 5.08. The lowest BCUT2D eigenvalue weighted by Crippen LogP contribution is -2.20. The molecule has 0 saturated heterocycles. The maximum Gasteiger partial charge on any atom is 0.181 e. The highest BCUT2D eigenvalue weighted by atomic mass is 79.9. The molecule has 0 radical (unpaired) electrons. The maximum absolute atomic E-state index is 13.1. The largest absolute Gasteiger partial charge is 0.488 e. The predicted octanol–water partition coefficient (Wildman–Crippen LogP) is 6.66. The van der Waals surface area contributed by atoms with Crippen LogP contribution in [0, 0.1) is 6.92 Å². The van der Waals surface area contributed by atoms with E-state index in [1.807, 2.05) is 85.8 Å². The van der Waals surface area contributed by atoms with Gasteiger partial charge >= 0.3 is 0 Å². The molecule has 4 heteroatoms. The zero-order valence-corrected chi connectivity index (χ0v) is 18.1. The third-order valence-electron chi connectivity index (χ3n) is 4.29. The molecule has 3 aromatic carbocycles. The molecule has 0 amide bonds. The van der Waals surface area contributed by atoms with E-state index in [0.717, 1.165) is 11.1 Å². The number of carbonyl (C=O) groups is 1. The molecule has 0 aliphatic carbocycles. The van der Waals surface area contributed by atoms with Crippen LogP contribution < -0.4 is 4.74 Å². The Labute approximate surface area is 176 Å². The van der Waals surface area contributed by atoms with Crippen molar-refractivity contribution in [3.63, 3.8) is 0 Å². The first-order valence-corrected chi connectivity index (χ1v) is 10.5. The molecule has 0 aliphatic rings. The Balaban J connectivity index is 1.76. The Hall–Kier alpha value is -1.91. The minimum absolute atomic E-state index is 0.0129. The topological polar surface area (TPSA) is 26.3 Å². The van der Waals surface area contributed by atoms with Crippen molar-refractivity contribution in [1.29, 1.82) is 0 Å². The fourth-order valence-corrected chi connectivity index (χ4v) is 3.83. The highest BCUT2D eigenvalue weighted by Crippen LogP contribution is 2.35. The molecule has 2 atom stereocenters. The lowest BCUT2D eigenvalue weighted by atomic mass is 10.0. The summed E-state index contributed by atoms with van der Waals surface area (Å²) in [5, 5.41) is 0. The van der Waals surface area contributed by atoms with E-state index in [9.17, 15) is 4.79 Å². The van der Waals surface area contributed by atoms with Crippen LogP contribution in [0.2, 0.25) is 0 Å². The van der Waals surface area contributed by atoms with Gasteiger partial charge in [-0.3, -0.25) is 4.79 Å². The number of benzene rings is 3. The van der Waals surface area contributed by atoms with Gasteiger partial charge in [0.2, 0.25) is 0 Å². The lowest BCUT2D eigenvalue weighted by molar-refractivity contribution is 0.0986. The Kier molecular flexibility index (Phi) is 6.86. The molecule has 138 valence electrons. The average molecular weight is 488 g/mol. The van der Waals surface area contributed by atoms with E-state index in [0.29, 0.717) is 17.9 Å². The summed E-state index contributed by atoms with van der Waals surface area (Å²) in [7, 11) is 0. The van der Waals surface area contributed by atoms with Gasteiger partial charge in [0.1, 0.15) is 12.4 Å². The van der Waals surface area contributed by atoms with Gasteiger partial charge in [0.15, 0.2) is 5.78 Å². The van der Waals surface area contributed by atoms with E-state index < -0.39 is 4.83 Å². The summed E-state index contributed by atoms with van der Waals surface area (Å²) >= 11 is 7.24. The summed E-state index contributed by atoms with van der Waals surface area (Å²) in [6.07, 6.45) is 0. The van der Waals surface area contributed by atoms with Crippen molar-refractivity contribution in [3.8, 4) is 5.75 Å². The molecule has 0 unspecified atom stereocenters. The molecule has 0 bridgehead atoms. The number of ether oxygens (including phenoxy) is 1. The summed E-state index contributed by atoms with van der Waals surface area (Å²) in [6.45, 7) is 2.47. The Morgan fingerprint density at radius 3 is 2.22 bits per heavy atom. The number of alkyl halides is 2. The highest BCUT2D eigenvalue weighted by Gasteiger charge is 2.28. The maximum atomic E-state index is 13.1. The summed E-state index contributed by atoms with van der Waals surface area (Å²) in [4.78, 5) is 12.6. The number of hydrogen-bond acceptors (Lipinski definition) is 2. The molecular formula is C23H20Br2O2. The van der Waals surface area contributed by atoms with Crippen LogP contribution in [-0.4, -0.2) is 10.6 Å². The van der Waals surface area contributed by atoms with Gasteiger partial charge in [0.05, 0.1) is 15.2 Å². The van der Waals surface area contributed by atoms with Crippen molar-refractivity contribution >= 4 is 37.6 Å². The number of ketones is 1. The third-order valence-corrected chi connectivity index (χ3v) is 7.00. The molecule has 0 N–H and O–H groups in total. The van der Waals surface area contributed by atoms with E-state index in [-0.39, 0.29) is 10.6 Å². The van der Waals surface area contributed by atoms with Crippen LogP contribution in [0.1, 0.15) is 31.9 Å². The smallest absolute Gasteiger partial charge is 0.181 e. The van der Waals surface area contributed by atoms with Crippen LogP contribution in [0.4, 0.5) is 0 Å². The van der Waals surface area contributed by atoms with Crippen molar-refractivity contribution in [2.24, 2.45) is 0 Å². The number of aryl methyl sites for hydroxylation is 1. The summed E-state index contributed by atoms with van der Waals surface area (Å²) < 4.78 is 5.94. The lowest BCUT2D eigenvalue weighted by Gasteiger charge is -2.18. The van der Waals surface area contributed by atoms with Gasteiger partial charge in [-0.15, -0.1) is 0 Å². The number of Topliss-reactive ketones (excluding diaryl/α,β-unsaturated/α-hetero) is 1. The monoisotopic (exact) mass is 486 g/mol. The van der Waals surface area contributed by atoms with E-state index in [1.54, 1.807) is 0 Å². The van der Waals surface area contributed by atoms with Gasteiger partial charge in [0, 0.05) is 0 Å². The van der Waals surface area contributed by atoms with Crippen molar-refractivity contribution in [1.82, 2.24) is 0 Å². The second-order valence-electron chi connectivity index (χ2n) is 6.35. The number of para-hydroxylation sites is 1. The second kappa shape index (κ2) is 9.34. The molecule has 0 aliphatic heterocycles. The van der Waals surface area contributed by atoms with E-state index >= 15 is 0 Å². The van der Waals surface area contributed by atoms with Gasteiger partial charge in [-0.05, 0) is 30.2 Å². The van der Waals surface area contributed by atoms with Crippen LogP contribution >= 0.6 is 31.9 Å². The summed E-state index contributed by atoms with van der Waals surface area (Å²) in [5.41, 5.74) is 3.88. The SMILES string of the molecule is Cc1ccc([C@@H](Br)[C@H](Br)C(=O)c2ccccc2OCc2ccccc2)cc1. The Morgan fingerprint density at radius 2 is 1.52 bits per heavy atom. The first-order chi connectivity index (χ1) is 13.1. The molecule has 0 fully saturated rings. The zero-order chi connectivity index (χ0) is 19.2. The van der Waals surface area contributed by atoms with Gasteiger partial charge in [-0.1, -0.05) is 104 Å². The Morgan fingerprint density at radius 1 is 0.889 bits per heavy atom. The van der Waals surface area contributed by atoms with Gasteiger partial charge < -0.3 is 4.74 Å². The highest BCUT2D eigenvalue weighted by molar-refractivity contribution is 9.12. The number of carbonyl (C=O) groups excluding carboxylic acids is 1. The molecule has 3 rings (SSSR count). The van der Waals surface area contributed by atoms with Crippen LogP contribution in [0.5, 0.6) is 5.75 Å². The standard InChI is InChI=1S/C23H20Br2O2/c1-16-11-13-18(14-12-16)21(24)22(25)23(26)19-9-5-6-10-20(19)27-15-17-7-3-2-4-8-17/h2-14,21-22H,15H2,1H3/t21-,22+/m1/s1. The number of halogens is 2. The van der Waals surface area contributed by atoms with Gasteiger partial charge in [-0.2, -0.15) is 0 Å². The molecule has 0 aromatic heterocycles. The van der Waals surface area contributed by atoms with E-state index in [2.05, 4.69) is 31.9 Å². The number of rotatable bonds is 7. The second-order valence-corrected chi connectivity index (χ2v) is 8.32.